The third-order valence-corrected chi connectivity index (χ3v) is 6.55. The number of ketones is 2. The van der Waals surface area contributed by atoms with Gasteiger partial charge in [-0.3, -0.25) is 9.59 Å². The standard InChI is InChI=1S/C21H36O3.C7H9NO2/c1-15-9-7-6-8-10-16(2)13-17(3)20(24)21(4,5)19(23)14-18(22)12-11-15;1-2-3-6-5-10-7(4-9)8-6/h7,9,15-17,19,23H,6,8,10-14H2,1-5H3;2-3,5,9H,4H2,1H3/b9-7-;3-2-/t15-,16?,17?,19?;/m0./s1. The molecule has 192 valence electrons. The number of nitrogens with zero attached hydrogens (tertiary/aromatic N) is 1. The fourth-order valence-corrected chi connectivity index (χ4v) is 4.24. The minimum atomic E-state index is -0.894. The zero-order valence-electron chi connectivity index (χ0n) is 21.9. The third kappa shape index (κ3) is 10.5. The van der Waals surface area contributed by atoms with Crippen LogP contribution in [0.2, 0.25) is 0 Å². The van der Waals surface area contributed by atoms with Crippen molar-refractivity contribution in [3.05, 3.63) is 36.1 Å². The van der Waals surface area contributed by atoms with Crippen molar-refractivity contribution in [3.8, 4) is 0 Å². The maximum Gasteiger partial charge on any atom is 0.220 e. The van der Waals surface area contributed by atoms with Crippen LogP contribution in [0.25, 0.3) is 6.08 Å². The maximum atomic E-state index is 12.8. The molecule has 4 atom stereocenters. The van der Waals surface area contributed by atoms with Gasteiger partial charge in [-0.25, -0.2) is 4.98 Å². The lowest BCUT2D eigenvalue weighted by Crippen LogP contribution is -2.41. The summed E-state index contributed by atoms with van der Waals surface area (Å²) in [5.74, 6) is 1.28. The lowest BCUT2D eigenvalue weighted by atomic mass is 9.73. The van der Waals surface area contributed by atoms with Crippen LogP contribution >= 0.6 is 0 Å². The van der Waals surface area contributed by atoms with E-state index in [9.17, 15) is 14.7 Å². The Morgan fingerprint density at radius 1 is 1.21 bits per heavy atom. The second-order valence-electron chi connectivity index (χ2n) is 10.3. The minimum Gasteiger partial charge on any atom is -0.446 e. The van der Waals surface area contributed by atoms with E-state index in [4.69, 9.17) is 9.52 Å². The summed E-state index contributed by atoms with van der Waals surface area (Å²) < 4.78 is 4.85. The van der Waals surface area contributed by atoms with Gasteiger partial charge in [-0.1, -0.05) is 59.3 Å². The third-order valence-electron chi connectivity index (χ3n) is 6.55. The van der Waals surface area contributed by atoms with Crippen LogP contribution in [0, 0.1) is 23.2 Å². The van der Waals surface area contributed by atoms with Gasteiger partial charge in [0, 0.05) is 24.2 Å². The molecule has 1 aliphatic carbocycles. The number of hydrogen-bond acceptors (Lipinski definition) is 6. The Morgan fingerprint density at radius 3 is 2.53 bits per heavy atom. The van der Waals surface area contributed by atoms with Gasteiger partial charge in [-0.2, -0.15) is 0 Å². The summed E-state index contributed by atoms with van der Waals surface area (Å²) in [6.07, 6.45) is 14.2. The van der Waals surface area contributed by atoms with E-state index in [1.54, 1.807) is 13.8 Å². The van der Waals surface area contributed by atoms with Crippen LogP contribution in [0.1, 0.15) is 98.1 Å². The normalized spacial score (nSPS) is 28.4. The summed E-state index contributed by atoms with van der Waals surface area (Å²) in [5.41, 5.74) is -0.122. The minimum absolute atomic E-state index is 0.0525. The number of aliphatic hydroxyl groups is 2. The first-order valence-corrected chi connectivity index (χ1v) is 12.6. The summed E-state index contributed by atoms with van der Waals surface area (Å²) in [7, 11) is 0. The van der Waals surface area contributed by atoms with E-state index in [-0.39, 0.29) is 30.5 Å². The molecule has 0 saturated heterocycles. The van der Waals surface area contributed by atoms with Crippen LogP contribution in [0.4, 0.5) is 0 Å². The molecule has 0 aromatic carbocycles. The Labute approximate surface area is 205 Å². The van der Waals surface area contributed by atoms with Crippen LogP contribution in [-0.2, 0) is 16.2 Å². The van der Waals surface area contributed by atoms with E-state index < -0.39 is 11.5 Å². The van der Waals surface area contributed by atoms with E-state index in [0.717, 1.165) is 37.8 Å². The van der Waals surface area contributed by atoms with Gasteiger partial charge in [0.2, 0.25) is 5.89 Å². The van der Waals surface area contributed by atoms with Crippen molar-refractivity contribution in [2.24, 2.45) is 23.2 Å². The van der Waals surface area contributed by atoms with Gasteiger partial charge < -0.3 is 14.6 Å². The SMILES string of the molecule is C/C=C\c1coc(CO)n1.CC1CCC/C=C\[C@H](C)CCC(=O)CC(O)C(C)(C)C(=O)C(C)C1. The first-order valence-electron chi connectivity index (χ1n) is 12.6. The van der Waals surface area contributed by atoms with Crippen molar-refractivity contribution in [1.29, 1.82) is 0 Å². The number of carbonyl (C=O) groups is 2. The highest BCUT2D eigenvalue weighted by Crippen LogP contribution is 2.31. The zero-order chi connectivity index (χ0) is 25.7. The summed E-state index contributed by atoms with van der Waals surface area (Å²) in [4.78, 5) is 28.9. The Kier molecular flexibility index (Phi) is 13.3. The van der Waals surface area contributed by atoms with Crippen LogP contribution in [-0.4, -0.2) is 32.9 Å². The van der Waals surface area contributed by atoms with Gasteiger partial charge in [0.05, 0.1) is 6.10 Å². The van der Waals surface area contributed by atoms with Crippen LogP contribution in [0.5, 0.6) is 0 Å². The predicted molar refractivity (Wildman–Crippen MR) is 136 cm³/mol. The zero-order valence-corrected chi connectivity index (χ0v) is 21.9. The molecule has 0 saturated carbocycles. The number of allylic oxidation sites excluding steroid dienone is 3. The lowest BCUT2D eigenvalue weighted by molar-refractivity contribution is -0.139. The van der Waals surface area contributed by atoms with Crippen molar-refractivity contribution in [3.63, 3.8) is 0 Å². The van der Waals surface area contributed by atoms with Crippen molar-refractivity contribution >= 4 is 17.6 Å². The molecule has 2 rings (SSSR count). The smallest absolute Gasteiger partial charge is 0.220 e. The number of oxazole rings is 1. The van der Waals surface area contributed by atoms with Crippen molar-refractivity contribution in [1.82, 2.24) is 4.98 Å². The molecule has 0 fully saturated rings. The highest BCUT2D eigenvalue weighted by atomic mass is 16.4. The molecule has 1 aromatic heterocycles. The second kappa shape index (κ2) is 15.0. The molecule has 0 bridgehead atoms. The van der Waals surface area contributed by atoms with Gasteiger partial charge in [-0.15, -0.1) is 0 Å². The largest absolute Gasteiger partial charge is 0.446 e. The molecule has 6 heteroatoms. The van der Waals surface area contributed by atoms with Crippen molar-refractivity contribution < 1.29 is 24.2 Å². The Morgan fingerprint density at radius 2 is 1.91 bits per heavy atom. The van der Waals surface area contributed by atoms with E-state index >= 15 is 0 Å². The van der Waals surface area contributed by atoms with E-state index in [1.807, 2.05) is 26.0 Å². The Balaban J connectivity index is 0.000000479. The quantitative estimate of drug-likeness (QED) is 0.515. The number of rotatable bonds is 2. The Hall–Kier alpha value is -2.05. The summed E-state index contributed by atoms with van der Waals surface area (Å²) in [5, 5.41) is 19.0. The maximum absolute atomic E-state index is 12.8. The van der Waals surface area contributed by atoms with Gasteiger partial charge in [-0.05, 0) is 50.5 Å². The fourth-order valence-electron chi connectivity index (χ4n) is 4.24. The molecule has 34 heavy (non-hydrogen) atoms. The molecule has 2 N–H and O–H groups in total. The highest BCUT2D eigenvalue weighted by Gasteiger charge is 2.39. The first kappa shape index (κ1) is 30.0. The van der Waals surface area contributed by atoms with Crippen molar-refractivity contribution in [2.45, 2.75) is 99.2 Å². The average molecular weight is 476 g/mol. The number of aliphatic hydroxyl groups excluding tert-OH is 2. The monoisotopic (exact) mass is 475 g/mol. The van der Waals surface area contributed by atoms with Gasteiger partial charge >= 0.3 is 0 Å². The van der Waals surface area contributed by atoms with Gasteiger partial charge in [0.15, 0.2) is 0 Å². The number of Topliss-reactive ketones (excluding diaryl/α,β-unsaturated/α-hetero) is 2. The molecule has 0 aliphatic heterocycles. The molecular formula is C28H45NO5. The first-order chi connectivity index (χ1) is 16.0. The molecule has 6 nitrogen and oxygen atoms in total. The van der Waals surface area contributed by atoms with Gasteiger partial charge in [0.1, 0.15) is 30.1 Å². The molecular weight excluding hydrogens is 430 g/mol. The number of carbonyl (C=O) groups excluding carboxylic acids is 2. The molecule has 0 amide bonds. The van der Waals surface area contributed by atoms with Gasteiger partial charge in [0.25, 0.3) is 0 Å². The predicted octanol–water partition coefficient (Wildman–Crippen LogP) is 5.92. The van der Waals surface area contributed by atoms with Crippen LogP contribution in [0.15, 0.2) is 28.9 Å². The fraction of sp³-hybridized carbons (Fsp3) is 0.679. The van der Waals surface area contributed by atoms with Crippen LogP contribution in [0.3, 0.4) is 0 Å². The highest BCUT2D eigenvalue weighted by molar-refractivity contribution is 5.88. The van der Waals surface area contributed by atoms with Crippen molar-refractivity contribution in [2.75, 3.05) is 0 Å². The number of aromatic nitrogens is 1. The molecule has 1 heterocycles. The molecule has 3 unspecified atom stereocenters. The average Bonchev–Trinajstić information content (AvgIpc) is 3.24. The molecule has 0 spiro atoms. The topological polar surface area (TPSA) is 101 Å². The molecule has 1 aliphatic rings. The van der Waals surface area contributed by atoms with E-state index in [1.165, 1.54) is 6.26 Å². The summed E-state index contributed by atoms with van der Waals surface area (Å²) in [6, 6.07) is 0. The summed E-state index contributed by atoms with van der Waals surface area (Å²) >= 11 is 0. The second-order valence-corrected chi connectivity index (χ2v) is 10.3. The summed E-state index contributed by atoms with van der Waals surface area (Å²) in [6.45, 7) is 11.6. The Bertz CT molecular complexity index is 807. The van der Waals surface area contributed by atoms with E-state index in [2.05, 4.69) is 31.0 Å². The lowest BCUT2D eigenvalue weighted by Gasteiger charge is -2.32. The van der Waals surface area contributed by atoms with E-state index in [0.29, 0.717) is 24.1 Å². The molecule has 0 radical (unpaired) electrons. The van der Waals surface area contributed by atoms with Crippen LogP contribution < -0.4 is 0 Å². The number of hydrogen-bond donors (Lipinski definition) is 2. The molecule has 1 aromatic rings.